The predicted octanol–water partition coefficient (Wildman–Crippen LogP) is 4.48. The first-order valence-corrected chi connectivity index (χ1v) is 7.44. The van der Waals surface area contributed by atoms with E-state index in [1.54, 1.807) is 0 Å². The van der Waals surface area contributed by atoms with Crippen molar-refractivity contribution in [1.29, 1.82) is 0 Å². The molecule has 2 heterocycles. The van der Waals surface area contributed by atoms with Crippen molar-refractivity contribution in [3.63, 3.8) is 0 Å². The molecule has 0 fully saturated rings. The van der Waals surface area contributed by atoms with Crippen LogP contribution in [0.5, 0.6) is 5.75 Å². The Hall–Kier alpha value is -1.55. The lowest BCUT2D eigenvalue weighted by molar-refractivity contribution is 0.118. The zero-order valence-electron chi connectivity index (χ0n) is 11.8. The zero-order valence-corrected chi connectivity index (χ0v) is 13.4. The van der Waals surface area contributed by atoms with Crippen molar-refractivity contribution >= 4 is 21.6 Å². The standard InChI is InChI=1S/C16H17BrN2O/c1-10-12(8-9-14(17)18-10)19-15-11-6-4-5-7-13(11)20-16(15,2)3/h4-9,15,19H,1-3H3. The van der Waals surface area contributed by atoms with Crippen LogP contribution >= 0.6 is 15.9 Å². The van der Waals surface area contributed by atoms with Crippen LogP contribution in [0.15, 0.2) is 41.0 Å². The van der Waals surface area contributed by atoms with Crippen molar-refractivity contribution in [1.82, 2.24) is 4.98 Å². The average Bonchev–Trinajstić information content (AvgIpc) is 2.63. The van der Waals surface area contributed by atoms with Crippen LogP contribution in [0, 0.1) is 6.92 Å². The molecule has 0 amide bonds. The highest BCUT2D eigenvalue weighted by Crippen LogP contribution is 2.44. The van der Waals surface area contributed by atoms with Crippen LogP contribution in [-0.4, -0.2) is 10.6 Å². The molecule has 2 aromatic rings. The second kappa shape index (κ2) is 4.77. The number of ether oxygens (including phenoxy) is 1. The molecular formula is C16H17BrN2O. The third kappa shape index (κ3) is 2.29. The van der Waals surface area contributed by atoms with Crippen LogP contribution in [0.4, 0.5) is 5.69 Å². The van der Waals surface area contributed by atoms with Gasteiger partial charge in [-0.15, -0.1) is 0 Å². The van der Waals surface area contributed by atoms with Gasteiger partial charge in [0.05, 0.1) is 17.4 Å². The lowest BCUT2D eigenvalue weighted by Gasteiger charge is -2.28. The predicted molar refractivity (Wildman–Crippen MR) is 84.2 cm³/mol. The van der Waals surface area contributed by atoms with Gasteiger partial charge < -0.3 is 10.1 Å². The molecule has 1 unspecified atom stereocenters. The SMILES string of the molecule is Cc1nc(Br)ccc1NC1c2ccccc2OC1(C)C. The van der Waals surface area contributed by atoms with E-state index in [0.29, 0.717) is 0 Å². The number of nitrogens with zero attached hydrogens (tertiary/aromatic N) is 1. The van der Waals surface area contributed by atoms with Gasteiger partial charge >= 0.3 is 0 Å². The Labute approximate surface area is 127 Å². The molecule has 1 aliphatic rings. The maximum atomic E-state index is 6.05. The summed E-state index contributed by atoms with van der Waals surface area (Å²) in [6.45, 7) is 6.21. The van der Waals surface area contributed by atoms with Gasteiger partial charge in [-0.25, -0.2) is 4.98 Å². The highest BCUT2D eigenvalue weighted by Gasteiger charge is 2.41. The molecule has 3 rings (SSSR count). The van der Waals surface area contributed by atoms with Gasteiger partial charge in [-0.2, -0.15) is 0 Å². The number of para-hydroxylation sites is 1. The minimum Gasteiger partial charge on any atom is -0.485 e. The van der Waals surface area contributed by atoms with Crippen LogP contribution in [0.3, 0.4) is 0 Å². The Balaban J connectivity index is 1.97. The van der Waals surface area contributed by atoms with Crippen LogP contribution in [0.25, 0.3) is 0 Å². The monoisotopic (exact) mass is 332 g/mol. The average molecular weight is 333 g/mol. The quantitative estimate of drug-likeness (QED) is 0.823. The molecule has 4 heteroatoms. The van der Waals surface area contributed by atoms with Crippen molar-refractivity contribution in [2.24, 2.45) is 0 Å². The molecule has 1 atom stereocenters. The van der Waals surface area contributed by atoms with Gasteiger partial charge in [-0.1, -0.05) is 18.2 Å². The maximum absolute atomic E-state index is 6.05. The number of hydrogen-bond donors (Lipinski definition) is 1. The van der Waals surface area contributed by atoms with Gasteiger partial charge in [-0.3, -0.25) is 0 Å². The molecule has 3 nitrogen and oxygen atoms in total. The number of aryl methyl sites for hydroxylation is 1. The fourth-order valence-corrected chi connectivity index (χ4v) is 3.02. The highest BCUT2D eigenvalue weighted by atomic mass is 79.9. The lowest BCUT2D eigenvalue weighted by atomic mass is 9.94. The molecule has 104 valence electrons. The van der Waals surface area contributed by atoms with E-state index in [2.05, 4.69) is 46.1 Å². The van der Waals surface area contributed by atoms with Crippen LogP contribution < -0.4 is 10.1 Å². The Morgan fingerprint density at radius 2 is 1.95 bits per heavy atom. The molecule has 0 radical (unpaired) electrons. The molecule has 1 aromatic carbocycles. The highest BCUT2D eigenvalue weighted by molar-refractivity contribution is 9.10. The minimum atomic E-state index is -0.288. The summed E-state index contributed by atoms with van der Waals surface area (Å²) in [4.78, 5) is 4.43. The second-order valence-electron chi connectivity index (χ2n) is 5.59. The van der Waals surface area contributed by atoms with Crippen molar-refractivity contribution in [2.75, 3.05) is 5.32 Å². The number of fused-ring (bicyclic) bond motifs is 1. The normalized spacial score (nSPS) is 19.3. The van der Waals surface area contributed by atoms with Gasteiger partial charge in [0, 0.05) is 5.56 Å². The summed E-state index contributed by atoms with van der Waals surface area (Å²) in [6.07, 6.45) is 0. The molecule has 0 bridgehead atoms. The van der Waals surface area contributed by atoms with Crippen LogP contribution in [-0.2, 0) is 0 Å². The number of aromatic nitrogens is 1. The summed E-state index contributed by atoms with van der Waals surface area (Å²) < 4.78 is 6.90. The van der Waals surface area contributed by atoms with Gasteiger partial charge in [0.1, 0.15) is 16.0 Å². The second-order valence-corrected chi connectivity index (χ2v) is 6.40. The largest absolute Gasteiger partial charge is 0.485 e. The van der Waals surface area contributed by atoms with E-state index in [0.717, 1.165) is 21.7 Å². The smallest absolute Gasteiger partial charge is 0.128 e. The number of nitrogens with one attached hydrogen (secondary N) is 1. The third-order valence-electron chi connectivity index (χ3n) is 3.65. The van der Waals surface area contributed by atoms with E-state index in [-0.39, 0.29) is 11.6 Å². The van der Waals surface area contributed by atoms with Gasteiger partial charge in [0.25, 0.3) is 0 Å². The first-order chi connectivity index (χ1) is 9.47. The van der Waals surface area contributed by atoms with Crippen LogP contribution in [0.1, 0.15) is 31.1 Å². The first-order valence-electron chi connectivity index (χ1n) is 6.65. The van der Waals surface area contributed by atoms with E-state index in [4.69, 9.17) is 4.74 Å². The van der Waals surface area contributed by atoms with Crippen molar-refractivity contribution in [2.45, 2.75) is 32.4 Å². The number of rotatable bonds is 2. The summed E-state index contributed by atoms with van der Waals surface area (Å²) in [7, 11) is 0. The molecule has 0 spiro atoms. The van der Waals surface area contributed by atoms with Gasteiger partial charge in [0.2, 0.25) is 0 Å². The fourth-order valence-electron chi connectivity index (χ4n) is 2.62. The number of pyridine rings is 1. The Morgan fingerprint density at radius 3 is 2.70 bits per heavy atom. The van der Waals surface area contributed by atoms with Gasteiger partial charge in [-0.05, 0) is 54.9 Å². The topological polar surface area (TPSA) is 34.2 Å². The van der Waals surface area contributed by atoms with E-state index < -0.39 is 0 Å². The molecule has 20 heavy (non-hydrogen) atoms. The lowest BCUT2D eigenvalue weighted by Crippen LogP contribution is -2.35. The van der Waals surface area contributed by atoms with Crippen LogP contribution in [0.2, 0.25) is 0 Å². The summed E-state index contributed by atoms with van der Waals surface area (Å²) in [5.74, 6) is 0.956. The van der Waals surface area contributed by atoms with E-state index in [9.17, 15) is 0 Å². The fraction of sp³-hybridized carbons (Fsp3) is 0.312. The number of benzene rings is 1. The number of halogens is 1. The van der Waals surface area contributed by atoms with E-state index >= 15 is 0 Å². The number of hydrogen-bond acceptors (Lipinski definition) is 3. The minimum absolute atomic E-state index is 0.111. The molecular weight excluding hydrogens is 316 g/mol. The summed E-state index contributed by atoms with van der Waals surface area (Å²) in [5.41, 5.74) is 2.91. The van der Waals surface area contributed by atoms with Crippen molar-refractivity contribution < 1.29 is 4.74 Å². The Bertz CT molecular complexity index is 655. The summed E-state index contributed by atoms with van der Waals surface area (Å²) in [6, 6.07) is 12.3. The van der Waals surface area contributed by atoms with Crippen molar-refractivity contribution in [3.8, 4) is 5.75 Å². The molecule has 0 aliphatic carbocycles. The summed E-state index contributed by atoms with van der Waals surface area (Å²) in [5, 5.41) is 3.57. The number of anilines is 1. The molecule has 0 saturated carbocycles. The summed E-state index contributed by atoms with van der Waals surface area (Å²) >= 11 is 3.39. The molecule has 1 aromatic heterocycles. The zero-order chi connectivity index (χ0) is 14.3. The van der Waals surface area contributed by atoms with E-state index in [1.165, 1.54) is 5.56 Å². The van der Waals surface area contributed by atoms with Gasteiger partial charge in [0.15, 0.2) is 0 Å². The van der Waals surface area contributed by atoms with E-state index in [1.807, 2.05) is 37.3 Å². The molecule has 0 saturated heterocycles. The first kappa shape index (κ1) is 13.4. The Kier molecular flexibility index (Phi) is 3.21. The maximum Gasteiger partial charge on any atom is 0.128 e. The molecule has 1 N–H and O–H groups in total. The van der Waals surface area contributed by atoms with Crippen molar-refractivity contribution in [3.05, 3.63) is 52.3 Å². The third-order valence-corrected chi connectivity index (χ3v) is 4.09. The molecule has 1 aliphatic heterocycles. The Morgan fingerprint density at radius 1 is 1.20 bits per heavy atom.